The van der Waals surface area contributed by atoms with Crippen LogP contribution in [0.15, 0.2) is 66.2 Å². The van der Waals surface area contributed by atoms with Crippen LogP contribution in [-0.2, 0) is 4.79 Å². The van der Waals surface area contributed by atoms with E-state index < -0.39 is 5.41 Å². The first-order valence-electron chi connectivity index (χ1n) is 8.76. The summed E-state index contributed by atoms with van der Waals surface area (Å²) in [6, 6.07) is 17.5. The van der Waals surface area contributed by atoms with Crippen LogP contribution < -0.4 is 5.32 Å². The van der Waals surface area contributed by atoms with Crippen molar-refractivity contribution in [3.8, 4) is 0 Å². The second kappa shape index (κ2) is 7.84. The van der Waals surface area contributed by atoms with Crippen molar-refractivity contribution in [2.24, 2.45) is 5.41 Å². The molecule has 0 aliphatic rings. The molecule has 27 heavy (non-hydrogen) atoms. The Morgan fingerprint density at radius 1 is 1.00 bits per heavy atom. The maximum Gasteiger partial charge on any atom is 0.232 e. The van der Waals surface area contributed by atoms with Crippen molar-refractivity contribution in [1.29, 1.82) is 0 Å². The maximum atomic E-state index is 13.1. The van der Waals surface area contributed by atoms with E-state index in [1.165, 1.54) is 11.3 Å². The number of nitrogens with zero attached hydrogens (tertiary/aromatic N) is 1. The zero-order valence-corrected chi connectivity index (χ0v) is 16.4. The first kappa shape index (κ1) is 19.0. The monoisotopic (exact) mass is 378 g/mol. The number of Topliss-reactive ketones (excluding diaryl/α,β-unsaturated/α-hetero) is 1. The van der Waals surface area contributed by atoms with Crippen LogP contribution in [0, 0.1) is 5.41 Å². The third kappa shape index (κ3) is 4.14. The molecule has 5 heteroatoms. The van der Waals surface area contributed by atoms with Gasteiger partial charge in [-0.05, 0) is 18.1 Å². The Bertz CT molecular complexity index is 917. The van der Waals surface area contributed by atoms with Gasteiger partial charge in [0.15, 0.2) is 10.9 Å². The fourth-order valence-electron chi connectivity index (χ4n) is 3.26. The summed E-state index contributed by atoms with van der Waals surface area (Å²) in [6.45, 7) is 5.42. The minimum atomic E-state index is -0.731. The van der Waals surface area contributed by atoms with E-state index in [4.69, 9.17) is 0 Å². The van der Waals surface area contributed by atoms with Crippen LogP contribution in [-0.4, -0.2) is 16.7 Å². The molecule has 0 radical (unpaired) electrons. The average Bonchev–Trinajstić information content (AvgIpc) is 3.16. The number of nitrogens with one attached hydrogen (secondary N) is 1. The summed E-state index contributed by atoms with van der Waals surface area (Å²) in [5, 5.41) is 5.35. The number of rotatable bonds is 6. The molecule has 3 rings (SSSR count). The predicted molar refractivity (Wildman–Crippen MR) is 109 cm³/mol. The van der Waals surface area contributed by atoms with Gasteiger partial charge in [-0.25, -0.2) is 4.98 Å². The zero-order valence-electron chi connectivity index (χ0n) is 15.6. The summed E-state index contributed by atoms with van der Waals surface area (Å²) in [6.07, 6.45) is 1.67. The summed E-state index contributed by atoms with van der Waals surface area (Å²) in [5.41, 5.74) is 1.97. The van der Waals surface area contributed by atoms with Gasteiger partial charge in [-0.15, -0.1) is 11.3 Å². The molecule has 138 valence electrons. The minimum absolute atomic E-state index is 0.0265. The molecule has 0 aliphatic heterocycles. The summed E-state index contributed by atoms with van der Waals surface area (Å²) < 4.78 is 0. The molecule has 0 spiro atoms. The van der Waals surface area contributed by atoms with Gasteiger partial charge in [0.25, 0.3) is 0 Å². The highest BCUT2D eigenvalue weighted by Gasteiger charge is 2.39. The van der Waals surface area contributed by atoms with Crippen molar-refractivity contribution in [2.45, 2.75) is 26.7 Å². The number of ketones is 1. The smallest absolute Gasteiger partial charge is 0.232 e. The van der Waals surface area contributed by atoms with E-state index in [2.05, 4.69) is 10.3 Å². The van der Waals surface area contributed by atoms with Gasteiger partial charge in [-0.2, -0.15) is 0 Å². The van der Waals surface area contributed by atoms with Gasteiger partial charge in [0.1, 0.15) is 0 Å². The third-order valence-corrected chi connectivity index (χ3v) is 5.43. The van der Waals surface area contributed by atoms with Crippen LogP contribution in [0.1, 0.15) is 48.2 Å². The Hall–Kier alpha value is -2.79. The van der Waals surface area contributed by atoms with Gasteiger partial charge in [0.2, 0.25) is 5.91 Å². The first-order valence-corrected chi connectivity index (χ1v) is 9.64. The lowest BCUT2D eigenvalue weighted by Crippen LogP contribution is -2.37. The van der Waals surface area contributed by atoms with Crippen LogP contribution in [0.5, 0.6) is 0 Å². The molecule has 0 saturated carbocycles. The number of carbonyl (C=O) groups is 2. The summed E-state index contributed by atoms with van der Waals surface area (Å²) in [5.74, 6) is -0.236. The summed E-state index contributed by atoms with van der Waals surface area (Å²) in [7, 11) is 0. The van der Waals surface area contributed by atoms with E-state index >= 15 is 0 Å². The molecule has 1 atom stereocenters. The second-order valence-corrected chi connectivity index (χ2v) is 7.93. The van der Waals surface area contributed by atoms with Gasteiger partial charge in [-0.3, -0.25) is 9.59 Å². The van der Waals surface area contributed by atoms with Gasteiger partial charge in [0.05, 0.1) is 5.41 Å². The van der Waals surface area contributed by atoms with Gasteiger partial charge in [-0.1, -0.05) is 68.4 Å². The van der Waals surface area contributed by atoms with E-state index in [0.717, 1.165) is 11.1 Å². The molecule has 1 amide bonds. The lowest BCUT2D eigenvalue weighted by Gasteiger charge is -2.34. The Morgan fingerprint density at radius 2 is 1.63 bits per heavy atom. The lowest BCUT2D eigenvalue weighted by atomic mass is 9.70. The normalized spacial score (nSPS) is 12.4. The maximum absolute atomic E-state index is 13.1. The summed E-state index contributed by atoms with van der Waals surface area (Å²) in [4.78, 5) is 28.9. The van der Waals surface area contributed by atoms with Crippen molar-refractivity contribution in [3.63, 3.8) is 0 Å². The molecule has 1 heterocycles. The number of thiazole rings is 1. The van der Waals surface area contributed by atoms with Gasteiger partial charge in [0, 0.05) is 23.1 Å². The molecular weight excluding hydrogens is 356 g/mol. The Kier molecular flexibility index (Phi) is 5.51. The van der Waals surface area contributed by atoms with E-state index in [9.17, 15) is 9.59 Å². The Balaban J connectivity index is 2.01. The molecule has 0 aliphatic carbocycles. The lowest BCUT2D eigenvalue weighted by molar-refractivity contribution is -0.124. The van der Waals surface area contributed by atoms with Crippen LogP contribution in [0.2, 0.25) is 0 Å². The highest BCUT2D eigenvalue weighted by Crippen LogP contribution is 2.42. The van der Waals surface area contributed by atoms with Crippen LogP contribution in [0.3, 0.4) is 0 Å². The van der Waals surface area contributed by atoms with Crippen LogP contribution >= 0.6 is 11.3 Å². The average molecular weight is 378 g/mol. The van der Waals surface area contributed by atoms with Crippen molar-refractivity contribution in [3.05, 3.63) is 82.9 Å². The number of amides is 1. The van der Waals surface area contributed by atoms with Crippen molar-refractivity contribution in [1.82, 2.24) is 4.98 Å². The summed E-state index contributed by atoms with van der Waals surface area (Å²) >= 11 is 1.40. The Morgan fingerprint density at radius 3 is 2.19 bits per heavy atom. The van der Waals surface area contributed by atoms with Crippen molar-refractivity contribution >= 4 is 28.2 Å². The molecule has 0 bridgehead atoms. The van der Waals surface area contributed by atoms with Crippen molar-refractivity contribution < 1.29 is 9.59 Å². The quantitative estimate of drug-likeness (QED) is 0.604. The highest BCUT2D eigenvalue weighted by atomic mass is 32.1. The van der Waals surface area contributed by atoms with Crippen LogP contribution in [0.4, 0.5) is 5.13 Å². The fourth-order valence-corrected chi connectivity index (χ4v) is 3.78. The van der Waals surface area contributed by atoms with Crippen LogP contribution in [0.25, 0.3) is 0 Å². The molecule has 1 unspecified atom stereocenters. The third-order valence-electron chi connectivity index (χ3n) is 4.74. The fraction of sp³-hybridized carbons (Fsp3) is 0.227. The van der Waals surface area contributed by atoms with E-state index in [1.807, 2.05) is 73.8 Å². The molecule has 3 aromatic rings. The van der Waals surface area contributed by atoms with Gasteiger partial charge >= 0.3 is 0 Å². The number of benzene rings is 2. The molecule has 1 aromatic heterocycles. The number of hydrogen-bond donors (Lipinski definition) is 1. The molecular formula is C22H22N2O2S. The number of hydrogen-bond acceptors (Lipinski definition) is 4. The van der Waals surface area contributed by atoms with Crippen molar-refractivity contribution in [2.75, 3.05) is 5.32 Å². The second-order valence-electron chi connectivity index (χ2n) is 7.03. The molecule has 1 N–H and O–H groups in total. The molecule has 0 saturated heterocycles. The standard InChI is InChI=1S/C22H22N2O2S/c1-15(25)16-9-11-18(12-10-16)19(17-7-5-4-6-8-17)22(2,3)20(26)24-21-23-13-14-27-21/h4-14,19H,1-3H3,(H,23,24,26). The van der Waals surface area contributed by atoms with E-state index in [1.54, 1.807) is 13.1 Å². The highest BCUT2D eigenvalue weighted by molar-refractivity contribution is 7.13. The van der Waals surface area contributed by atoms with Gasteiger partial charge < -0.3 is 5.32 Å². The Labute approximate surface area is 163 Å². The number of carbonyl (C=O) groups excluding carboxylic acids is 2. The first-order chi connectivity index (χ1) is 12.9. The molecule has 0 fully saturated rings. The SMILES string of the molecule is CC(=O)c1ccc(C(c2ccccc2)C(C)(C)C(=O)Nc2nccs2)cc1. The molecule has 4 nitrogen and oxygen atoms in total. The number of aromatic nitrogens is 1. The largest absolute Gasteiger partial charge is 0.301 e. The molecule has 2 aromatic carbocycles. The predicted octanol–water partition coefficient (Wildman–Crippen LogP) is 5.14. The number of anilines is 1. The topological polar surface area (TPSA) is 59.1 Å². The van der Waals surface area contributed by atoms with E-state index in [0.29, 0.717) is 10.7 Å². The zero-order chi connectivity index (χ0) is 19.4. The van der Waals surface area contributed by atoms with E-state index in [-0.39, 0.29) is 17.6 Å². The minimum Gasteiger partial charge on any atom is -0.301 e.